The molecule has 0 heterocycles. The molecule has 4 nitrogen and oxygen atoms in total. The molecule has 0 saturated carbocycles. The molecule has 0 aliphatic rings. The Kier molecular flexibility index (Phi) is 7.84. The van der Waals surface area contributed by atoms with Crippen molar-refractivity contribution in [3.8, 4) is 11.5 Å². The summed E-state index contributed by atoms with van der Waals surface area (Å²) in [5.41, 5.74) is 1.16. The second-order valence-electron chi connectivity index (χ2n) is 6.34. The number of ketones is 1. The Balaban J connectivity index is 0.00000338. The third-order valence-corrected chi connectivity index (χ3v) is 4.85. The predicted octanol–water partition coefficient (Wildman–Crippen LogP) is 4.48. The van der Waals surface area contributed by atoms with E-state index in [1.807, 2.05) is 43.3 Å². The maximum absolute atomic E-state index is 13.5. The minimum atomic E-state index is -0.610. The van der Waals surface area contributed by atoms with Gasteiger partial charge in [-0.25, -0.2) is 0 Å². The molecule has 2 aromatic rings. The van der Waals surface area contributed by atoms with Crippen molar-refractivity contribution in [3.63, 3.8) is 0 Å². The van der Waals surface area contributed by atoms with Crippen molar-refractivity contribution in [1.29, 1.82) is 0 Å². The van der Waals surface area contributed by atoms with Crippen LogP contribution in [0.3, 0.4) is 0 Å². The average molecular weight is 357 g/mol. The molecule has 4 heteroatoms. The van der Waals surface area contributed by atoms with Crippen molar-refractivity contribution in [2.45, 2.75) is 32.7 Å². The van der Waals surface area contributed by atoms with Crippen molar-refractivity contribution < 1.29 is 14.3 Å². The number of hydrogen-bond acceptors (Lipinski definition) is 4. The van der Waals surface area contributed by atoms with E-state index in [4.69, 9.17) is 9.47 Å². The van der Waals surface area contributed by atoms with Gasteiger partial charge in [0.05, 0.1) is 19.8 Å². The molecule has 0 aliphatic heterocycles. The van der Waals surface area contributed by atoms with E-state index in [1.54, 1.807) is 26.4 Å². The van der Waals surface area contributed by atoms with E-state index in [0.717, 1.165) is 5.56 Å². The fourth-order valence-electron chi connectivity index (χ4n) is 3.22. The van der Waals surface area contributed by atoms with Gasteiger partial charge in [-0.05, 0) is 50.7 Å². The monoisotopic (exact) mass is 357 g/mol. The summed E-state index contributed by atoms with van der Waals surface area (Å²) in [6.45, 7) is 2.06. The number of benzene rings is 2. The van der Waals surface area contributed by atoms with Crippen molar-refractivity contribution in [1.82, 2.24) is 4.90 Å². The summed E-state index contributed by atoms with van der Waals surface area (Å²) in [7, 11) is 7.09. The number of carbonyl (C=O) groups is 1. The van der Waals surface area contributed by atoms with Crippen LogP contribution in [0.4, 0.5) is 0 Å². The number of rotatable bonds is 8. The van der Waals surface area contributed by atoms with Crippen molar-refractivity contribution >= 4 is 5.78 Å². The zero-order valence-corrected chi connectivity index (χ0v) is 15.7. The normalized spacial score (nSPS) is 12.8. The molecule has 0 fully saturated rings. The lowest BCUT2D eigenvalue weighted by Crippen LogP contribution is -2.52. The Morgan fingerprint density at radius 1 is 1.00 bits per heavy atom. The van der Waals surface area contributed by atoms with E-state index in [1.165, 1.54) is 0 Å². The van der Waals surface area contributed by atoms with Gasteiger partial charge >= 0.3 is 0 Å². The van der Waals surface area contributed by atoms with E-state index in [9.17, 15) is 4.79 Å². The highest BCUT2D eigenvalue weighted by molar-refractivity contribution is 6.04. The Hall–Kier alpha value is -2.33. The average Bonchev–Trinajstić information content (AvgIpc) is 2.65. The van der Waals surface area contributed by atoms with Gasteiger partial charge in [0.25, 0.3) is 0 Å². The highest BCUT2D eigenvalue weighted by atomic mass is 16.5. The highest BCUT2D eigenvalue weighted by Gasteiger charge is 2.39. The fourth-order valence-corrected chi connectivity index (χ4v) is 3.22. The molecule has 0 aromatic heterocycles. The Labute approximate surface area is 157 Å². The van der Waals surface area contributed by atoms with Crippen LogP contribution < -0.4 is 9.47 Å². The number of carbonyl (C=O) groups excluding carboxylic acids is 1. The summed E-state index contributed by atoms with van der Waals surface area (Å²) in [4.78, 5) is 15.5. The third-order valence-electron chi connectivity index (χ3n) is 4.85. The van der Waals surface area contributed by atoms with Gasteiger partial charge in [-0.15, -0.1) is 0 Å². The largest absolute Gasteiger partial charge is 0.493 e. The molecule has 1 atom stereocenters. The summed E-state index contributed by atoms with van der Waals surface area (Å²) in [5, 5.41) is 0. The van der Waals surface area contributed by atoms with Crippen LogP contribution in [0.1, 0.15) is 36.7 Å². The van der Waals surface area contributed by atoms with Gasteiger partial charge in [0, 0.05) is 5.56 Å². The second kappa shape index (κ2) is 9.39. The van der Waals surface area contributed by atoms with Crippen LogP contribution >= 0.6 is 0 Å². The Morgan fingerprint density at radius 2 is 1.62 bits per heavy atom. The molecular weight excluding hydrogens is 326 g/mol. The first-order valence-corrected chi connectivity index (χ1v) is 8.46. The third kappa shape index (κ3) is 4.25. The smallest absolute Gasteiger partial charge is 0.183 e. The molecule has 1 unspecified atom stereocenters. The topological polar surface area (TPSA) is 38.8 Å². The van der Waals surface area contributed by atoms with Crippen LogP contribution in [0, 0.1) is 0 Å². The number of Topliss-reactive ketones (excluding diaryl/α,β-unsaturated/α-hetero) is 1. The lowest BCUT2D eigenvalue weighted by molar-refractivity contribution is 0.0666. The first-order chi connectivity index (χ1) is 12.0. The molecule has 0 aliphatic carbocycles. The Morgan fingerprint density at radius 3 is 2.12 bits per heavy atom. The lowest BCUT2D eigenvalue weighted by atomic mass is 9.80. The quantitative estimate of drug-likeness (QED) is 0.653. The summed E-state index contributed by atoms with van der Waals surface area (Å²) >= 11 is 0. The summed E-state index contributed by atoms with van der Waals surface area (Å²) in [5.74, 6) is 1.27. The van der Waals surface area contributed by atoms with Crippen molar-refractivity contribution in [2.75, 3.05) is 28.3 Å². The molecule has 142 valence electrons. The van der Waals surface area contributed by atoms with E-state index in [-0.39, 0.29) is 13.2 Å². The van der Waals surface area contributed by atoms with Gasteiger partial charge in [-0.3, -0.25) is 9.69 Å². The second-order valence-corrected chi connectivity index (χ2v) is 6.34. The molecule has 2 aromatic carbocycles. The van der Waals surface area contributed by atoms with Crippen LogP contribution in [-0.2, 0) is 6.42 Å². The van der Waals surface area contributed by atoms with Crippen molar-refractivity contribution in [2.24, 2.45) is 0 Å². The molecular formula is C22H31NO3. The molecule has 0 spiro atoms. The number of methoxy groups -OCH3 is 2. The molecule has 26 heavy (non-hydrogen) atoms. The zero-order valence-electron chi connectivity index (χ0n) is 15.7. The van der Waals surface area contributed by atoms with E-state index < -0.39 is 5.54 Å². The van der Waals surface area contributed by atoms with Gasteiger partial charge in [0.2, 0.25) is 0 Å². The maximum atomic E-state index is 13.5. The zero-order chi connectivity index (χ0) is 18.4. The number of likely N-dealkylation sites (N-methyl/N-ethyl adjacent to an activating group) is 1. The molecule has 0 bridgehead atoms. The van der Waals surface area contributed by atoms with Crippen molar-refractivity contribution in [3.05, 3.63) is 59.7 Å². The van der Waals surface area contributed by atoms with Crippen LogP contribution in [0.15, 0.2) is 48.5 Å². The minimum absolute atomic E-state index is 0. The predicted molar refractivity (Wildman–Crippen MR) is 107 cm³/mol. The van der Waals surface area contributed by atoms with Crippen LogP contribution in [-0.4, -0.2) is 44.5 Å². The summed E-state index contributed by atoms with van der Waals surface area (Å²) in [6, 6.07) is 15.5. The summed E-state index contributed by atoms with van der Waals surface area (Å²) in [6.07, 6.45) is 1.37. The van der Waals surface area contributed by atoms with Gasteiger partial charge in [0.15, 0.2) is 17.3 Å². The van der Waals surface area contributed by atoms with Gasteiger partial charge < -0.3 is 9.47 Å². The standard InChI is InChI=1S/C21H27NO3.CH4/c1-6-21(22(2)3,15-16-10-8-7-9-11-16)20(23)17-12-13-18(24-4)19(14-17)25-5;/h7-14H,6,15H2,1-5H3;1H4. The lowest BCUT2D eigenvalue weighted by Gasteiger charge is -2.38. The molecule has 0 N–H and O–H groups in total. The van der Waals surface area contributed by atoms with Crippen LogP contribution in [0.25, 0.3) is 0 Å². The van der Waals surface area contributed by atoms with E-state index in [2.05, 4.69) is 19.1 Å². The number of ether oxygens (including phenoxy) is 2. The van der Waals surface area contributed by atoms with Gasteiger partial charge in [-0.1, -0.05) is 44.7 Å². The van der Waals surface area contributed by atoms with Crippen LogP contribution in [0.5, 0.6) is 11.5 Å². The molecule has 2 rings (SSSR count). The van der Waals surface area contributed by atoms with Gasteiger partial charge in [0.1, 0.15) is 0 Å². The maximum Gasteiger partial charge on any atom is 0.183 e. The summed E-state index contributed by atoms with van der Waals surface area (Å²) < 4.78 is 10.6. The fraction of sp³-hybridized carbons (Fsp3) is 0.409. The molecule has 0 amide bonds. The van der Waals surface area contributed by atoms with E-state index >= 15 is 0 Å². The number of hydrogen-bond donors (Lipinski definition) is 0. The first kappa shape index (κ1) is 21.7. The van der Waals surface area contributed by atoms with Crippen LogP contribution in [0.2, 0.25) is 0 Å². The molecule has 0 saturated heterocycles. The SMILES string of the molecule is C.CCC(Cc1ccccc1)(C(=O)c1ccc(OC)c(OC)c1)N(C)C. The van der Waals surface area contributed by atoms with Gasteiger partial charge in [-0.2, -0.15) is 0 Å². The Bertz CT molecular complexity index is 713. The highest BCUT2D eigenvalue weighted by Crippen LogP contribution is 2.32. The molecule has 0 radical (unpaired) electrons. The minimum Gasteiger partial charge on any atom is -0.493 e. The first-order valence-electron chi connectivity index (χ1n) is 8.46. The number of nitrogens with zero attached hydrogens (tertiary/aromatic N) is 1. The van der Waals surface area contributed by atoms with E-state index in [0.29, 0.717) is 29.9 Å².